The van der Waals surface area contributed by atoms with Gasteiger partial charge >= 0.3 is 0 Å². The van der Waals surface area contributed by atoms with Crippen LogP contribution in [0.1, 0.15) is 46.0 Å². The molecule has 1 heterocycles. The number of hydrogen-bond acceptors (Lipinski definition) is 3. The zero-order valence-corrected chi connectivity index (χ0v) is 14.6. The molecule has 130 valence electrons. The first-order valence-electron chi connectivity index (χ1n) is 8.79. The van der Waals surface area contributed by atoms with Crippen molar-refractivity contribution in [3.63, 3.8) is 0 Å². The summed E-state index contributed by atoms with van der Waals surface area (Å²) in [7, 11) is 0. The third-order valence-electron chi connectivity index (χ3n) is 4.08. The molecular weight excluding hydrogens is 302 g/mol. The fourth-order valence-corrected chi connectivity index (χ4v) is 2.69. The highest BCUT2D eigenvalue weighted by Gasteiger charge is 2.07. The van der Waals surface area contributed by atoms with E-state index >= 15 is 0 Å². The number of amides is 1. The Bertz CT molecular complexity index is 722. The van der Waals surface area contributed by atoms with Crippen molar-refractivity contribution in [2.45, 2.75) is 52.5 Å². The fourth-order valence-electron chi connectivity index (χ4n) is 2.69. The number of nitrogens with zero attached hydrogens (tertiary/aromatic N) is 2. The van der Waals surface area contributed by atoms with Crippen molar-refractivity contribution in [3.05, 3.63) is 40.9 Å². The lowest BCUT2D eigenvalue weighted by atomic mass is 10.0. The molecule has 5 heteroatoms. The predicted molar refractivity (Wildman–Crippen MR) is 96.9 cm³/mol. The van der Waals surface area contributed by atoms with Crippen LogP contribution in [0, 0.1) is 5.92 Å². The topological polar surface area (TPSA) is 64.0 Å². The summed E-state index contributed by atoms with van der Waals surface area (Å²) in [6.45, 7) is 5.16. The van der Waals surface area contributed by atoms with Crippen molar-refractivity contribution in [2.24, 2.45) is 5.92 Å². The average molecular weight is 329 g/mol. The van der Waals surface area contributed by atoms with Gasteiger partial charge in [0.25, 0.3) is 5.56 Å². The summed E-state index contributed by atoms with van der Waals surface area (Å²) in [5.74, 6) is 0.620. The van der Waals surface area contributed by atoms with Gasteiger partial charge in [0.1, 0.15) is 6.54 Å². The van der Waals surface area contributed by atoms with Crippen LogP contribution >= 0.6 is 0 Å². The van der Waals surface area contributed by atoms with Crippen LogP contribution in [0.2, 0.25) is 0 Å². The number of para-hydroxylation sites is 1. The number of nitrogens with one attached hydrogen (secondary N) is 1. The van der Waals surface area contributed by atoms with E-state index in [1.807, 2.05) is 6.07 Å². The second-order valence-electron chi connectivity index (χ2n) is 6.64. The lowest BCUT2D eigenvalue weighted by Gasteiger charge is -2.08. The standard InChI is InChI=1S/C19H27N3O2/c1-15(2)9-5-3-4-8-12-20-18(23)13-22-14-21-17-11-7-6-10-16(17)19(22)24/h6-7,10-11,14-15H,3-5,8-9,12-13H2,1-2H3,(H,20,23). The van der Waals surface area contributed by atoms with Crippen LogP contribution < -0.4 is 10.9 Å². The summed E-state index contributed by atoms with van der Waals surface area (Å²) < 4.78 is 1.36. The molecule has 0 aliphatic rings. The molecule has 0 atom stereocenters. The molecule has 2 aromatic rings. The second-order valence-corrected chi connectivity index (χ2v) is 6.64. The smallest absolute Gasteiger partial charge is 0.261 e. The van der Waals surface area contributed by atoms with Crippen molar-refractivity contribution in [1.29, 1.82) is 0 Å². The number of carbonyl (C=O) groups excluding carboxylic acids is 1. The number of hydrogen-bond donors (Lipinski definition) is 1. The van der Waals surface area contributed by atoms with Gasteiger partial charge in [-0.25, -0.2) is 4.98 Å². The molecule has 0 fully saturated rings. The van der Waals surface area contributed by atoms with Crippen LogP contribution in [-0.2, 0) is 11.3 Å². The van der Waals surface area contributed by atoms with E-state index in [0.717, 1.165) is 18.8 Å². The van der Waals surface area contributed by atoms with E-state index in [0.29, 0.717) is 17.4 Å². The van der Waals surface area contributed by atoms with Gasteiger partial charge in [0, 0.05) is 6.54 Å². The Hall–Kier alpha value is -2.17. The van der Waals surface area contributed by atoms with Crippen LogP contribution in [0.4, 0.5) is 0 Å². The van der Waals surface area contributed by atoms with Crippen molar-refractivity contribution in [3.8, 4) is 0 Å². The van der Waals surface area contributed by atoms with Gasteiger partial charge in [-0.1, -0.05) is 51.7 Å². The van der Waals surface area contributed by atoms with Gasteiger partial charge in [-0.3, -0.25) is 14.2 Å². The molecule has 0 saturated carbocycles. The molecular formula is C19H27N3O2. The molecule has 0 spiro atoms. The minimum Gasteiger partial charge on any atom is -0.355 e. The Labute approximate surface area is 143 Å². The highest BCUT2D eigenvalue weighted by molar-refractivity contribution is 5.78. The Kier molecular flexibility index (Phi) is 6.97. The predicted octanol–water partition coefficient (Wildman–Crippen LogP) is 3.12. The highest BCUT2D eigenvalue weighted by atomic mass is 16.2. The summed E-state index contributed by atoms with van der Waals surface area (Å²) in [5, 5.41) is 3.42. The summed E-state index contributed by atoms with van der Waals surface area (Å²) >= 11 is 0. The SMILES string of the molecule is CC(C)CCCCCCNC(=O)Cn1cnc2ccccc2c1=O. The number of carbonyl (C=O) groups is 1. The van der Waals surface area contributed by atoms with Gasteiger partial charge in [-0.15, -0.1) is 0 Å². The highest BCUT2D eigenvalue weighted by Crippen LogP contribution is 2.09. The Morgan fingerprint density at radius 2 is 1.92 bits per heavy atom. The Morgan fingerprint density at radius 3 is 2.71 bits per heavy atom. The van der Waals surface area contributed by atoms with Crippen LogP contribution in [-0.4, -0.2) is 22.0 Å². The fraction of sp³-hybridized carbons (Fsp3) is 0.526. The number of fused-ring (bicyclic) bond motifs is 1. The molecule has 0 aliphatic carbocycles. The van der Waals surface area contributed by atoms with E-state index in [1.54, 1.807) is 18.2 Å². The van der Waals surface area contributed by atoms with Gasteiger partial charge < -0.3 is 5.32 Å². The van der Waals surface area contributed by atoms with E-state index in [9.17, 15) is 9.59 Å². The van der Waals surface area contributed by atoms with E-state index < -0.39 is 0 Å². The average Bonchev–Trinajstić information content (AvgIpc) is 2.56. The second kappa shape index (κ2) is 9.21. The summed E-state index contributed by atoms with van der Waals surface area (Å²) in [6, 6.07) is 7.17. The van der Waals surface area contributed by atoms with Crippen molar-refractivity contribution in [2.75, 3.05) is 6.54 Å². The molecule has 5 nitrogen and oxygen atoms in total. The lowest BCUT2D eigenvalue weighted by Crippen LogP contribution is -2.33. The first kappa shape index (κ1) is 18.2. The van der Waals surface area contributed by atoms with Crippen molar-refractivity contribution >= 4 is 16.8 Å². The van der Waals surface area contributed by atoms with Crippen LogP contribution in [0.15, 0.2) is 35.4 Å². The minimum atomic E-state index is -0.176. The quantitative estimate of drug-likeness (QED) is 0.719. The molecule has 0 unspecified atom stereocenters. The van der Waals surface area contributed by atoms with Gasteiger partial charge in [-0.2, -0.15) is 0 Å². The van der Waals surface area contributed by atoms with Crippen LogP contribution in [0.25, 0.3) is 10.9 Å². The summed E-state index contributed by atoms with van der Waals surface area (Å²) in [4.78, 5) is 28.5. The first-order valence-corrected chi connectivity index (χ1v) is 8.79. The van der Waals surface area contributed by atoms with Gasteiger partial charge in [0.05, 0.1) is 17.2 Å². The van der Waals surface area contributed by atoms with Crippen molar-refractivity contribution < 1.29 is 4.79 Å². The first-order chi connectivity index (χ1) is 11.6. The largest absolute Gasteiger partial charge is 0.355 e. The molecule has 1 amide bonds. The van der Waals surface area contributed by atoms with E-state index in [4.69, 9.17) is 0 Å². The molecule has 0 bridgehead atoms. The molecule has 1 N–H and O–H groups in total. The molecule has 1 aromatic heterocycles. The van der Waals surface area contributed by atoms with E-state index in [-0.39, 0.29) is 18.0 Å². The summed E-state index contributed by atoms with van der Waals surface area (Å²) in [6.07, 6.45) is 7.28. The monoisotopic (exact) mass is 329 g/mol. The van der Waals surface area contributed by atoms with E-state index in [1.165, 1.54) is 30.2 Å². The van der Waals surface area contributed by atoms with Crippen molar-refractivity contribution in [1.82, 2.24) is 14.9 Å². The summed E-state index contributed by atoms with van der Waals surface area (Å²) in [5.41, 5.74) is 0.477. The van der Waals surface area contributed by atoms with E-state index in [2.05, 4.69) is 24.1 Å². The Morgan fingerprint density at radius 1 is 1.17 bits per heavy atom. The van der Waals surface area contributed by atoms with Gasteiger partial charge in [0.2, 0.25) is 5.91 Å². The van der Waals surface area contributed by atoms with Crippen LogP contribution in [0.5, 0.6) is 0 Å². The number of aromatic nitrogens is 2. The normalized spacial score (nSPS) is 11.1. The molecule has 0 aliphatic heterocycles. The lowest BCUT2D eigenvalue weighted by molar-refractivity contribution is -0.121. The molecule has 0 radical (unpaired) electrons. The third-order valence-corrected chi connectivity index (χ3v) is 4.08. The zero-order valence-electron chi connectivity index (χ0n) is 14.6. The molecule has 2 rings (SSSR count). The maximum atomic E-state index is 12.3. The number of unbranched alkanes of at least 4 members (excludes halogenated alkanes) is 3. The van der Waals surface area contributed by atoms with Gasteiger partial charge in [0.15, 0.2) is 0 Å². The molecule has 0 saturated heterocycles. The zero-order chi connectivity index (χ0) is 17.4. The Balaban J connectivity index is 1.75. The third kappa shape index (κ3) is 5.48. The number of benzene rings is 1. The molecule has 1 aromatic carbocycles. The minimum absolute atomic E-state index is 0.0179. The van der Waals surface area contributed by atoms with Crippen LogP contribution in [0.3, 0.4) is 0 Å². The number of rotatable bonds is 9. The van der Waals surface area contributed by atoms with Gasteiger partial charge in [-0.05, 0) is 24.5 Å². The molecule has 24 heavy (non-hydrogen) atoms. The maximum Gasteiger partial charge on any atom is 0.261 e. The maximum absolute atomic E-state index is 12.3.